The van der Waals surface area contributed by atoms with Crippen molar-refractivity contribution in [1.29, 1.82) is 0 Å². The Morgan fingerprint density at radius 2 is 2.41 bits per heavy atom. The highest BCUT2D eigenvalue weighted by molar-refractivity contribution is 5.62. The average molecular weight is 239 g/mol. The van der Waals surface area contributed by atoms with E-state index in [0.717, 1.165) is 19.2 Å². The third kappa shape index (κ3) is 2.28. The molecule has 1 aromatic rings. The van der Waals surface area contributed by atoms with Gasteiger partial charge in [-0.15, -0.1) is 0 Å². The fraction of sp³-hybridized carbons (Fsp3) is 0.500. The Morgan fingerprint density at radius 1 is 1.71 bits per heavy atom. The van der Waals surface area contributed by atoms with Gasteiger partial charge in [0.15, 0.2) is 11.9 Å². The predicted octanol–water partition coefficient (Wildman–Crippen LogP) is 0.737. The van der Waals surface area contributed by atoms with E-state index in [0.29, 0.717) is 17.0 Å². The maximum absolute atomic E-state index is 11.4. The molecule has 0 amide bonds. The van der Waals surface area contributed by atoms with Crippen LogP contribution < -0.4 is 10.0 Å². The number of nitro groups is 1. The zero-order chi connectivity index (χ0) is 12.4. The lowest BCUT2D eigenvalue weighted by atomic mass is 10.2. The molecule has 1 aliphatic rings. The third-order valence-electron chi connectivity index (χ3n) is 2.81. The molecule has 7 heteroatoms. The summed E-state index contributed by atoms with van der Waals surface area (Å²) >= 11 is 0. The molecule has 7 nitrogen and oxygen atoms in total. The first-order chi connectivity index (χ1) is 8.09. The Balaban J connectivity index is 2.21. The lowest BCUT2D eigenvalue weighted by Gasteiger charge is -2.26. The highest BCUT2D eigenvalue weighted by Gasteiger charge is 2.24. The monoisotopic (exact) mass is 239 g/mol. The molecule has 2 rings (SSSR count). The van der Waals surface area contributed by atoms with Crippen LogP contribution in [-0.2, 0) is 4.74 Å². The number of nitrogens with one attached hydrogen (secondary N) is 1. The molecule has 1 atom stereocenters. The van der Waals surface area contributed by atoms with E-state index in [1.807, 2.05) is 0 Å². The zero-order valence-corrected chi connectivity index (χ0v) is 9.38. The zero-order valence-electron chi connectivity index (χ0n) is 9.38. The number of rotatable bonds is 4. The molecule has 0 saturated carbocycles. The van der Waals surface area contributed by atoms with Gasteiger partial charge in [0.25, 0.3) is 0 Å². The van der Waals surface area contributed by atoms with Crippen LogP contribution in [0.5, 0.6) is 0 Å². The minimum Gasteiger partial charge on any atom is -0.618 e. The molecule has 1 saturated heterocycles. The topological polar surface area (TPSA) is 91.3 Å². The van der Waals surface area contributed by atoms with E-state index in [1.165, 1.54) is 6.07 Å². The highest BCUT2D eigenvalue weighted by Crippen LogP contribution is 2.25. The van der Waals surface area contributed by atoms with Crippen molar-refractivity contribution < 1.29 is 14.4 Å². The van der Waals surface area contributed by atoms with Gasteiger partial charge in [-0.1, -0.05) is 0 Å². The Morgan fingerprint density at radius 3 is 2.94 bits per heavy atom. The number of hydrogen-bond donors (Lipinski definition) is 1. The molecule has 0 radical (unpaired) electrons. The van der Waals surface area contributed by atoms with Crippen molar-refractivity contribution in [2.24, 2.45) is 0 Å². The van der Waals surface area contributed by atoms with Crippen LogP contribution >= 0.6 is 0 Å². The summed E-state index contributed by atoms with van der Waals surface area (Å²) in [4.78, 5) is 10.3. The molecule has 0 spiro atoms. The molecule has 1 aromatic heterocycles. The van der Waals surface area contributed by atoms with Gasteiger partial charge >= 0.3 is 5.69 Å². The van der Waals surface area contributed by atoms with Gasteiger partial charge in [0.05, 0.1) is 17.1 Å². The van der Waals surface area contributed by atoms with Crippen molar-refractivity contribution >= 4 is 11.4 Å². The van der Waals surface area contributed by atoms with Gasteiger partial charge in [0.1, 0.15) is 0 Å². The van der Waals surface area contributed by atoms with E-state index in [-0.39, 0.29) is 17.5 Å². The largest absolute Gasteiger partial charge is 0.618 e. The molecule has 0 aliphatic carbocycles. The predicted molar refractivity (Wildman–Crippen MR) is 59.6 cm³/mol. The summed E-state index contributed by atoms with van der Waals surface area (Å²) in [6.07, 6.45) is 2.15. The smallest absolute Gasteiger partial charge is 0.304 e. The molecule has 92 valence electrons. The summed E-state index contributed by atoms with van der Waals surface area (Å²) < 4.78 is 5.81. The van der Waals surface area contributed by atoms with Crippen LogP contribution in [0.1, 0.15) is 12.1 Å². The fourth-order valence-electron chi connectivity index (χ4n) is 1.66. The van der Waals surface area contributed by atoms with Crippen LogP contribution in [0.2, 0.25) is 0 Å². The number of pyridine rings is 1. The van der Waals surface area contributed by atoms with E-state index < -0.39 is 4.92 Å². The number of aromatic nitrogens is 1. The molecule has 1 unspecified atom stereocenters. The summed E-state index contributed by atoms with van der Waals surface area (Å²) in [5.41, 5.74) is 0.468. The van der Waals surface area contributed by atoms with Gasteiger partial charge in [-0.05, 0) is 6.42 Å². The van der Waals surface area contributed by atoms with Gasteiger partial charge < -0.3 is 15.3 Å². The second kappa shape index (κ2) is 4.54. The Hall–Kier alpha value is -1.89. The van der Waals surface area contributed by atoms with Gasteiger partial charge in [-0.2, -0.15) is 4.73 Å². The normalized spacial score (nSPS) is 18.5. The van der Waals surface area contributed by atoms with Crippen molar-refractivity contribution in [3.05, 3.63) is 33.3 Å². The number of nitrogens with zero attached hydrogens (tertiary/aromatic N) is 2. The van der Waals surface area contributed by atoms with Gasteiger partial charge in [-0.3, -0.25) is 10.1 Å². The minimum absolute atomic E-state index is 0.0781. The first-order valence-corrected chi connectivity index (χ1v) is 5.32. The third-order valence-corrected chi connectivity index (χ3v) is 2.81. The average Bonchev–Trinajstić information content (AvgIpc) is 2.21. The van der Waals surface area contributed by atoms with Crippen molar-refractivity contribution in [2.75, 3.05) is 18.5 Å². The van der Waals surface area contributed by atoms with E-state index in [4.69, 9.17) is 4.74 Å². The number of anilines is 1. The molecule has 0 bridgehead atoms. The van der Waals surface area contributed by atoms with E-state index in [9.17, 15) is 15.3 Å². The van der Waals surface area contributed by atoms with Crippen LogP contribution in [-0.4, -0.2) is 24.2 Å². The summed E-state index contributed by atoms with van der Waals surface area (Å²) in [6, 6.07) is 1.20. The van der Waals surface area contributed by atoms with Crippen molar-refractivity contribution in [3.63, 3.8) is 0 Å². The fourth-order valence-corrected chi connectivity index (χ4v) is 1.66. The summed E-state index contributed by atoms with van der Waals surface area (Å²) in [5, 5.41) is 25.1. The highest BCUT2D eigenvalue weighted by atomic mass is 16.6. The Bertz CT molecular complexity index is 445. The van der Waals surface area contributed by atoms with E-state index in [2.05, 4.69) is 5.32 Å². The summed E-state index contributed by atoms with van der Waals surface area (Å²) in [5.74, 6) is 0. The number of ether oxygens (including phenoxy) is 1. The first-order valence-electron chi connectivity index (χ1n) is 5.32. The van der Waals surface area contributed by atoms with Gasteiger partial charge in [-0.25, -0.2) is 0 Å². The minimum atomic E-state index is -0.503. The molecule has 0 aromatic carbocycles. The Kier molecular flexibility index (Phi) is 3.10. The van der Waals surface area contributed by atoms with Crippen LogP contribution in [0.3, 0.4) is 0 Å². The second-order valence-electron chi connectivity index (χ2n) is 3.91. The van der Waals surface area contributed by atoms with Crippen molar-refractivity contribution in [1.82, 2.24) is 0 Å². The van der Waals surface area contributed by atoms with Crippen LogP contribution in [0.4, 0.5) is 11.4 Å². The SMILES string of the molecule is Cc1c(NCC2CCO2)c([N+](=O)[O-])cc[n+]1[O-]. The van der Waals surface area contributed by atoms with Crippen molar-refractivity contribution in [3.8, 4) is 0 Å². The molecule has 1 N–H and O–H groups in total. The van der Waals surface area contributed by atoms with E-state index >= 15 is 0 Å². The standard InChI is InChI=1S/C10H13N3O4/c1-7-10(11-6-8-3-5-17-8)9(13(15)16)2-4-12(7)14/h2,4,8,11H,3,5-6H2,1H3. The first kappa shape index (κ1) is 11.6. The van der Waals surface area contributed by atoms with Crippen molar-refractivity contribution in [2.45, 2.75) is 19.4 Å². The quantitative estimate of drug-likeness (QED) is 0.362. The summed E-state index contributed by atoms with van der Waals surface area (Å²) in [7, 11) is 0. The molecule has 2 heterocycles. The Labute approximate surface area is 97.7 Å². The molecule has 17 heavy (non-hydrogen) atoms. The maximum atomic E-state index is 11.4. The lowest BCUT2D eigenvalue weighted by Crippen LogP contribution is -2.35. The van der Waals surface area contributed by atoms with Crippen LogP contribution in [0.15, 0.2) is 12.3 Å². The molecule has 1 aliphatic heterocycles. The van der Waals surface area contributed by atoms with E-state index in [1.54, 1.807) is 6.92 Å². The second-order valence-corrected chi connectivity index (χ2v) is 3.91. The molecular weight excluding hydrogens is 226 g/mol. The van der Waals surface area contributed by atoms with Crippen LogP contribution in [0.25, 0.3) is 0 Å². The maximum Gasteiger partial charge on any atom is 0.304 e. The lowest BCUT2D eigenvalue weighted by molar-refractivity contribution is -0.612. The van der Waals surface area contributed by atoms with Gasteiger partial charge in [0.2, 0.25) is 5.69 Å². The van der Waals surface area contributed by atoms with Crippen LogP contribution in [0, 0.1) is 22.2 Å². The van der Waals surface area contributed by atoms with Gasteiger partial charge in [0, 0.05) is 20.1 Å². The molecule has 1 fully saturated rings. The molecular formula is C10H13N3O4. The summed E-state index contributed by atoms with van der Waals surface area (Å²) in [6.45, 7) is 2.75. The number of hydrogen-bond acceptors (Lipinski definition) is 5.